The minimum absolute atomic E-state index is 0.316. The molecule has 2 heterocycles. The van der Waals surface area contributed by atoms with Crippen LogP contribution in [0.5, 0.6) is 0 Å². The van der Waals surface area contributed by atoms with Crippen molar-refractivity contribution in [3.8, 4) is 0 Å². The van der Waals surface area contributed by atoms with Crippen LogP contribution in [-0.4, -0.2) is 24.2 Å². The van der Waals surface area contributed by atoms with Crippen LogP contribution in [0.15, 0.2) is 9.59 Å². The van der Waals surface area contributed by atoms with Gasteiger partial charge in [-0.3, -0.25) is 13.9 Å². The molecule has 0 fully saturated rings. The molecule has 0 bridgehead atoms. The second-order valence-corrected chi connectivity index (χ2v) is 6.43. The summed E-state index contributed by atoms with van der Waals surface area (Å²) < 4.78 is 4.60. The molecule has 7 heteroatoms. The lowest BCUT2D eigenvalue weighted by Crippen LogP contribution is -2.41. The Kier molecular flexibility index (Phi) is 4.28. The minimum Gasteiger partial charge on any atom is -0.324 e. The molecule has 0 aromatic carbocycles. The van der Waals surface area contributed by atoms with E-state index < -0.39 is 5.54 Å². The zero-order valence-corrected chi connectivity index (χ0v) is 14.0. The first-order chi connectivity index (χ1) is 10.2. The molecule has 22 heavy (non-hydrogen) atoms. The number of rotatable bonds is 5. The van der Waals surface area contributed by atoms with E-state index in [1.165, 1.54) is 7.05 Å². The third-order valence-corrected chi connectivity index (χ3v) is 3.64. The Balaban J connectivity index is 2.91. The van der Waals surface area contributed by atoms with Crippen molar-refractivity contribution >= 4 is 11.2 Å². The number of hydrogen-bond acceptors (Lipinski definition) is 4. The Morgan fingerprint density at radius 2 is 1.82 bits per heavy atom. The van der Waals surface area contributed by atoms with Gasteiger partial charge in [-0.05, 0) is 20.3 Å². The molecule has 0 aliphatic rings. The number of fused-ring (bicyclic) bond motifs is 1. The summed E-state index contributed by atoms with van der Waals surface area (Å²) in [4.78, 5) is 29.5. The van der Waals surface area contributed by atoms with Crippen molar-refractivity contribution in [2.45, 2.75) is 59.2 Å². The van der Waals surface area contributed by atoms with Gasteiger partial charge >= 0.3 is 5.69 Å². The van der Waals surface area contributed by atoms with Gasteiger partial charge in [0.1, 0.15) is 5.82 Å². The first-order valence-corrected chi connectivity index (χ1v) is 7.69. The lowest BCUT2D eigenvalue weighted by atomic mass is 10.1. The van der Waals surface area contributed by atoms with E-state index in [9.17, 15) is 9.59 Å². The molecule has 122 valence electrons. The number of imidazole rings is 1. The highest BCUT2D eigenvalue weighted by atomic mass is 16.2. The molecule has 0 amide bonds. The summed E-state index contributed by atoms with van der Waals surface area (Å²) in [5.41, 5.74) is 5.95. The Morgan fingerprint density at radius 1 is 1.18 bits per heavy atom. The zero-order chi connectivity index (χ0) is 16.7. The number of nitrogens with zero attached hydrogens (tertiary/aromatic N) is 4. The Bertz CT molecular complexity index is 804. The van der Waals surface area contributed by atoms with Gasteiger partial charge in [-0.2, -0.15) is 0 Å². The number of aryl methyl sites for hydroxylation is 2. The Morgan fingerprint density at radius 3 is 2.32 bits per heavy atom. The van der Waals surface area contributed by atoms with Crippen LogP contribution in [0.2, 0.25) is 0 Å². The van der Waals surface area contributed by atoms with Crippen LogP contribution in [-0.2, 0) is 26.6 Å². The topological polar surface area (TPSA) is 87.8 Å². The monoisotopic (exact) mass is 307 g/mol. The van der Waals surface area contributed by atoms with E-state index in [1.807, 2.05) is 32.3 Å². The number of nitrogens with two attached hydrogens (primary N) is 1. The van der Waals surface area contributed by atoms with Gasteiger partial charge in [-0.15, -0.1) is 0 Å². The first-order valence-electron chi connectivity index (χ1n) is 7.69. The molecule has 0 saturated heterocycles. The van der Waals surface area contributed by atoms with Crippen molar-refractivity contribution in [2.75, 3.05) is 0 Å². The van der Waals surface area contributed by atoms with E-state index >= 15 is 0 Å². The van der Waals surface area contributed by atoms with Crippen LogP contribution >= 0.6 is 0 Å². The van der Waals surface area contributed by atoms with E-state index in [1.54, 1.807) is 4.57 Å². The summed E-state index contributed by atoms with van der Waals surface area (Å²) in [5, 5.41) is 0. The maximum Gasteiger partial charge on any atom is 0.332 e. The molecule has 0 aliphatic carbocycles. The summed E-state index contributed by atoms with van der Waals surface area (Å²) in [6, 6.07) is 0. The van der Waals surface area contributed by atoms with Gasteiger partial charge < -0.3 is 10.3 Å². The van der Waals surface area contributed by atoms with Gasteiger partial charge in [0.05, 0.1) is 0 Å². The van der Waals surface area contributed by atoms with Crippen molar-refractivity contribution in [1.29, 1.82) is 0 Å². The van der Waals surface area contributed by atoms with Gasteiger partial charge in [0, 0.05) is 32.1 Å². The fourth-order valence-electron chi connectivity index (χ4n) is 2.67. The zero-order valence-electron chi connectivity index (χ0n) is 14.0. The fourth-order valence-corrected chi connectivity index (χ4v) is 2.67. The van der Waals surface area contributed by atoms with Crippen molar-refractivity contribution in [2.24, 2.45) is 12.8 Å². The van der Waals surface area contributed by atoms with Crippen molar-refractivity contribution in [1.82, 2.24) is 18.7 Å². The van der Waals surface area contributed by atoms with E-state index in [4.69, 9.17) is 5.73 Å². The molecular weight excluding hydrogens is 282 g/mol. The first kappa shape index (κ1) is 16.5. The van der Waals surface area contributed by atoms with Crippen molar-refractivity contribution in [3.63, 3.8) is 0 Å². The predicted molar refractivity (Wildman–Crippen MR) is 87.2 cm³/mol. The number of hydrogen-bond donors (Lipinski definition) is 1. The summed E-state index contributed by atoms with van der Waals surface area (Å²) >= 11 is 0. The van der Waals surface area contributed by atoms with Crippen molar-refractivity contribution in [3.05, 3.63) is 26.7 Å². The molecule has 7 nitrogen and oxygen atoms in total. The van der Waals surface area contributed by atoms with E-state index in [0.29, 0.717) is 30.7 Å². The summed E-state index contributed by atoms with van der Waals surface area (Å²) in [5.74, 6) is 0.779. The van der Waals surface area contributed by atoms with E-state index in [2.05, 4.69) is 4.98 Å². The van der Waals surface area contributed by atoms with Crippen LogP contribution in [0.1, 0.15) is 39.9 Å². The molecule has 0 saturated carbocycles. The molecule has 2 aromatic rings. The SMILES string of the molecule is CCCn1c(=O)n(C)c(=O)c2c1nc(CC)n2CC(C)(C)N. The Hall–Kier alpha value is -1.89. The van der Waals surface area contributed by atoms with E-state index in [-0.39, 0.29) is 11.2 Å². The van der Waals surface area contributed by atoms with Gasteiger partial charge in [-0.25, -0.2) is 9.78 Å². The molecule has 2 aromatic heterocycles. The summed E-state index contributed by atoms with van der Waals surface area (Å²) in [6.07, 6.45) is 1.47. The molecule has 0 radical (unpaired) electrons. The summed E-state index contributed by atoms with van der Waals surface area (Å²) in [7, 11) is 1.51. The smallest absolute Gasteiger partial charge is 0.324 e. The number of aromatic nitrogens is 4. The highest BCUT2D eigenvalue weighted by Gasteiger charge is 2.22. The highest BCUT2D eigenvalue weighted by Crippen LogP contribution is 2.15. The van der Waals surface area contributed by atoms with Crippen molar-refractivity contribution < 1.29 is 0 Å². The highest BCUT2D eigenvalue weighted by molar-refractivity contribution is 5.71. The van der Waals surface area contributed by atoms with E-state index in [0.717, 1.165) is 16.8 Å². The Labute approximate surface area is 129 Å². The second-order valence-electron chi connectivity index (χ2n) is 6.43. The fraction of sp³-hybridized carbons (Fsp3) is 0.667. The molecule has 0 aliphatic heterocycles. The quantitative estimate of drug-likeness (QED) is 0.876. The lowest BCUT2D eigenvalue weighted by Gasteiger charge is -2.21. The maximum absolute atomic E-state index is 12.6. The standard InChI is InChI=1S/C15H25N5O2/c1-6-8-19-12-11(13(21)18(5)14(19)22)20(9-15(3,4)16)10(7-2)17-12/h6-9,16H2,1-5H3. The summed E-state index contributed by atoms with van der Waals surface area (Å²) in [6.45, 7) is 8.80. The van der Waals surface area contributed by atoms with Crippen LogP contribution in [0, 0.1) is 0 Å². The normalized spacial score (nSPS) is 12.3. The van der Waals surface area contributed by atoms with Gasteiger partial charge in [0.25, 0.3) is 5.56 Å². The molecule has 0 unspecified atom stereocenters. The average molecular weight is 307 g/mol. The van der Waals surface area contributed by atoms with Gasteiger partial charge in [-0.1, -0.05) is 13.8 Å². The maximum atomic E-state index is 12.6. The largest absolute Gasteiger partial charge is 0.332 e. The second kappa shape index (κ2) is 5.72. The van der Waals surface area contributed by atoms with Gasteiger partial charge in [0.2, 0.25) is 0 Å². The molecule has 2 N–H and O–H groups in total. The predicted octanol–water partition coefficient (Wildman–Crippen LogP) is 0.606. The van der Waals surface area contributed by atoms with Crippen LogP contribution in [0.4, 0.5) is 0 Å². The minimum atomic E-state index is -0.478. The van der Waals surface area contributed by atoms with Crippen LogP contribution in [0.25, 0.3) is 11.2 Å². The van der Waals surface area contributed by atoms with Crippen LogP contribution in [0.3, 0.4) is 0 Å². The molecule has 0 atom stereocenters. The van der Waals surface area contributed by atoms with Gasteiger partial charge in [0.15, 0.2) is 11.2 Å². The molecule has 2 rings (SSSR count). The third kappa shape index (κ3) is 2.72. The molecular formula is C15H25N5O2. The molecule has 0 spiro atoms. The van der Waals surface area contributed by atoms with Crippen LogP contribution < -0.4 is 17.0 Å². The lowest BCUT2D eigenvalue weighted by molar-refractivity contribution is 0.431. The average Bonchev–Trinajstić information content (AvgIpc) is 2.77. The third-order valence-electron chi connectivity index (χ3n) is 3.64.